The second kappa shape index (κ2) is 10.4. The fraction of sp³-hybridized carbons (Fsp3) is 0.160. The molecule has 0 aliphatic heterocycles. The van der Waals surface area contributed by atoms with Gasteiger partial charge in [-0.25, -0.2) is 14.2 Å². The molecule has 4 aromatic rings. The first-order valence-electron chi connectivity index (χ1n) is 10.1. The van der Waals surface area contributed by atoms with E-state index in [0.717, 1.165) is 27.0 Å². The van der Waals surface area contributed by atoms with E-state index in [-0.39, 0.29) is 18.8 Å². The predicted octanol–water partition coefficient (Wildman–Crippen LogP) is 5.05. The molecule has 0 bridgehead atoms. The number of nitrogens with zero attached hydrogens (tertiary/aromatic N) is 1. The monoisotopic (exact) mass is 481 g/mol. The number of hydrogen-bond acceptors (Lipinski definition) is 6. The number of benzene rings is 3. The molecular weight excluding hydrogens is 457 g/mol. The zero-order valence-electron chi connectivity index (χ0n) is 17.4. The lowest BCUT2D eigenvalue weighted by Gasteiger charge is -2.17. The minimum Gasteiger partial charge on any atom is -0.480 e. The Kier molecular flexibility index (Phi) is 7.60. The second-order valence-corrected chi connectivity index (χ2v) is 8.47. The molecule has 0 saturated carbocycles. The largest absolute Gasteiger partial charge is 0.480 e. The molecule has 0 radical (unpaired) electrons. The number of anilines is 2. The number of hydrogen-bond donors (Lipinski definition) is 4. The van der Waals surface area contributed by atoms with E-state index in [1.54, 1.807) is 30.3 Å². The number of nitrogens with one attached hydrogen (secondary N) is 2. The summed E-state index contributed by atoms with van der Waals surface area (Å²) in [4.78, 5) is 27.9. The molecule has 1 aromatic heterocycles. The van der Waals surface area contributed by atoms with E-state index < -0.39 is 24.0 Å². The summed E-state index contributed by atoms with van der Waals surface area (Å²) in [6.07, 6.45) is -1.22. The smallest absolute Gasteiger partial charge is 0.328 e. The van der Waals surface area contributed by atoms with Crippen LogP contribution in [0.15, 0.2) is 66.7 Å². The Hall–Kier alpha value is -3.82. The molecule has 34 heavy (non-hydrogen) atoms. The summed E-state index contributed by atoms with van der Waals surface area (Å²) in [5.41, 5.74) is 3.64. The summed E-state index contributed by atoms with van der Waals surface area (Å²) in [6.45, 7) is 1.30. The van der Waals surface area contributed by atoms with Crippen molar-refractivity contribution in [2.24, 2.45) is 0 Å². The fourth-order valence-corrected chi connectivity index (χ4v) is 4.16. The highest BCUT2D eigenvalue weighted by Gasteiger charge is 2.25. The Morgan fingerprint density at radius 2 is 1.62 bits per heavy atom. The first kappa shape index (κ1) is 24.8. The number of halogens is 1. The number of carboxylic acid groups (broad SMARTS) is 1. The maximum atomic E-state index is 13.4. The fourth-order valence-electron chi connectivity index (χ4n) is 3.25. The number of carbonyl (C=O) groups is 2. The Labute approximate surface area is 199 Å². The van der Waals surface area contributed by atoms with E-state index >= 15 is 0 Å². The molecule has 176 valence electrons. The highest BCUT2D eigenvalue weighted by molar-refractivity contribution is 7.22. The van der Waals surface area contributed by atoms with Crippen molar-refractivity contribution >= 4 is 44.2 Å². The minimum atomic E-state index is -1.38. The summed E-state index contributed by atoms with van der Waals surface area (Å²) < 4.78 is 14.1. The summed E-state index contributed by atoms with van der Waals surface area (Å²) in [6, 6.07) is 17.4. The van der Waals surface area contributed by atoms with Crippen molar-refractivity contribution in [2.45, 2.75) is 26.5 Å². The Bertz CT molecular complexity index is 1300. The molecule has 9 heteroatoms. The van der Waals surface area contributed by atoms with E-state index in [1.807, 2.05) is 24.3 Å². The Morgan fingerprint density at radius 3 is 2.21 bits per heavy atom. The van der Waals surface area contributed by atoms with Gasteiger partial charge < -0.3 is 20.8 Å². The number of amides is 1. The van der Waals surface area contributed by atoms with Crippen LogP contribution in [0.3, 0.4) is 0 Å². The average Bonchev–Trinajstić information content (AvgIpc) is 3.18. The molecule has 0 unspecified atom stereocenters. The van der Waals surface area contributed by atoms with Crippen molar-refractivity contribution in [3.05, 3.63) is 78.1 Å². The lowest BCUT2D eigenvalue weighted by Crippen LogP contribution is -2.47. The van der Waals surface area contributed by atoms with Gasteiger partial charge in [0, 0.05) is 11.3 Å². The van der Waals surface area contributed by atoms with Crippen molar-refractivity contribution < 1.29 is 24.2 Å². The molecule has 1 heterocycles. The molecule has 2 atom stereocenters. The van der Waals surface area contributed by atoms with Crippen molar-refractivity contribution in [2.75, 3.05) is 5.32 Å². The molecule has 4 N–H and O–H groups in total. The zero-order chi connectivity index (χ0) is 23.5. The van der Waals surface area contributed by atoms with Crippen LogP contribution in [0.1, 0.15) is 24.7 Å². The van der Waals surface area contributed by atoms with Crippen LogP contribution < -0.4 is 10.6 Å². The van der Waals surface area contributed by atoms with Crippen molar-refractivity contribution in [3.8, 4) is 11.1 Å². The third-order valence-corrected chi connectivity index (χ3v) is 5.94. The van der Waals surface area contributed by atoms with Gasteiger partial charge in [0.1, 0.15) is 5.82 Å². The quantitative estimate of drug-likeness (QED) is 0.294. The third kappa shape index (κ3) is 5.56. The normalized spacial score (nSPS) is 12.4. The molecule has 1 amide bonds. The van der Waals surface area contributed by atoms with Gasteiger partial charge in [0.15, 0.2) is 11.2 Å². The topological polar surface area (TPSA) is 112 Å². The van der Waals surface area contributed by atoms with Crippen LogP contribution in [0.25, 0.3) is 21.3 Å². The van der Waals surface area contributed by atoms with Gasteiger partial charge in [-0.1, -0.05) is 43.0 Å². The van der Waals surface area contributed by atoms with Gasteiger partial charge in [0.05, 0.1) is 16.3 Å². The first-order valence-corrected chi connectivity index (χ1v) is 10.9. The summed E-state index contributed by atoms with van der Waals surface area (Å²) in [5, 5.41) is 24.8. The van der Waals surface area contributed by atoms with Crippen molar-refractivity contribution in [1.29, 1.82) is 0 Å². The summed E-state index contributed by atoms with van der Waals surface area (Å²) in [5.74, 6) is -2.18. The SMILES string of the molecule is C.C[C@H](O)[C@H](NC(=O)c1ccc(-c2ccc(Nc3nc4ccc(F)cc4s3)cc2)cc1)C(=O)O. The van der Waals surface area contributed by atoms with Crippen LogP contribution >= 0.6 is 11.3 Å². The van der Waals surface area contributed by atoms with Crippen molar-refractivity contribution in [1.82, 2.24) is 10.3 Å². The maximum Gasteiger partial charge on any atom is 0.328 e. The molecule has 0 fully saturated rings. The third-order valence-electron chi connectivity index (χ3n) is 5.00. The van der Waals surface area contributed by atoms with Gasteiger partial charge in [-0.15, -0.1) is 0 Å². The number of carbonyl (C=O) groups excluding carboxylic acids is 1. The van der Waals surface area contributed by atoms with Gasteiger partial charge in [0.2, 0.25) is 0 Å². The van der Waals surface area contributed by atoms with Crippen LogP contribution in [0.2, 0.25) is 0 Å². The van der Waals surface area contributed by atoms with Gasteiger partial charge in [-0.2, -0.15) is 0 Å². The number of aliphatic carboxylic acids is 1. The van der Waals surface area contributed by atoms with Crippen LogP contribution in [-0.2, 0) is 4.79 Å². The number of fused-ring (bicyclic) bond motifs is 1. The standard InChI is InChI=1S/C24H20FN3O4S.CH4/c1-13(29)21(23(31)32)28-22(30)16-4-2-14(3-5-16)15-6-9-18(10-7-15)26-24-27-19-11-8-17(25)12-20(19)33-24;/h2-13,21,29H,1H3,(H,26,27)(H,28,30)(H,31,32);1H4/t13-,21-;/m0./s1. The lowest BCUT2D eigenvalue weighted by molar-refractivity contribution is -0.141. The van der Waals surface area contributed by atoms with E-state index in [2.05, 4.69) is 15.6 Å². The zero-order valence-corrected chi connectivity index (χ0v) is 18.3. The van der Waals surface area contributed by atoms with Crippen LogP contribution in [0.4, 0.5) is 15.2 Å². The van der Waals surface area contributed by atoms with E-state index in [4.69, 9.17) is 5.11 Å². The molecule has 7 nitrogen and oxygen atoms in total. The Morgan fingerprint density at radius 1 is 1.00 bits per heavy atom. The number of aliphatic hydroxyl groups excluding tert-OH is 1. The number of thiazole rings is 1. The van der Waals surface area contributed by atoms with Crippen molar-refractivity contribution in [3.63, 3.8) is 0 Å². The number of carboxylic acids is 1. The molecular formula is C25H24FN3O4S. The predicted molar refractivity (Wildman–Crippen MR) is 132 cm³/mol. The van der Waals surface area contributed by atoms with E-state index in [9.17, 15) is 19.1 Å². The van der Waals surface area contributed by atoms with Gasteiger partial charge in [-0.3, -0.25) is 4.79 Å². The molecule has 3 aromatic carbocycles. The van der Waals surface area contributed by atoms with Crippen LogP contribution in [-0.4, -0.2) is 39.2 Å². The van der Waals surface area contributed by atoms with E-state index in [0.29, 0.717) is 5.13 Å². The number of rotatable bonds is 7. The average molecular weight is 482 g/mol. The maximum absolute atomic E-state index is 13.4. The number of aromatic nitrogens is 1. The highest BCUT2D eigenvalue weighted by Crippen LogP contribution is 2.30. The lowest BCUT2D eigenvalue weighted by atomic mass is 10.0. The molecule has 0 aliphatic rings. The summed E-state index contributed by atoms with van der Waals surface area (Å²) in [7, 11) is 0. The van der Waals surface area contributed by atoms with Gasteiger partial charge >= 0.3 is 5.97 Å². The molecule has 0 saturated heterocycles. The minimum absolute atomic E-state index is 0. The van der Waals surface area contributed by atoms with Crippen LogP contribution in [0, 0.1) is 5.82 Å². The second-order valence-electron chi connectivity index (χ2n) is 7.44. The number of aliphatic hydroxyl groups is 1. The highest BCUT2D eigenvalue weighted by atomic mass is 32.1. The molecule has 4 rings (SSSR count). The van der Waals surface area contributed by atoms with E-state index in [1.165, 1.54) is 30.4 Å². The van der Waals surface area contributed by atoms with Crippen LogP contribution in [0.5, 0.6) is 0 Å². The van der Waals surface area contributed by atoms with Gasteiger partial charge in [-0.05, 0) is 60.5 Å². The summed E-state index contributed by atoms with van der Waals surface area (Å²) >= 11 is 1.37. The molecule has 0 aliphatic carbocycles. The molecule has 0 spiro atoms. The Balaban J connectivity index is 0.00000324. The van der Waals surface area contributed by atoms with Gasteiger partial charge in [0.25, 0.3) is 5.91 Å². The first-order chi connectivity index (χ1) is 15.8.